The van der Waals surface area contributed by atoms with Gasteiger partial charge < -0.3 is 5.32 Å². The van der Waals surface area contributed by atoms with Gasteiger partial charge in [-0.1, -0.05) is 36.4 Å². The smallest absolute Gasteiger partial charge is 0.261 e. The molecule has 0 saturated heterocycles. The molecule has 146 valence electrons. The fraction of sp³-hybridized carbons (Fsp3) is 0.0500. The third-order valence-electron chi connectivity index (χ3n) is 4.47. The lowest BCUT2D eigenvalue weighted by Crippen LogP contribution is -2.16. The van der Waals surface area contributed by atoms with Gasteiger partial charge in [0.1, 0.15) is 5.56 Å². The molecule has 0 fully saturated rings. The van der Waals surface area contributed by atoms with Gasteiger partial charge in [0.25, 0.3) is 5.91 Å². The van der Waals surface area contributed by atoms with E-state index >= 15 is 0 Å². The molecule has 9 heteroatoms. The number of rotatable bonds is 4. The fourth-order valence-corrected chi connectivity index (χ4v) is 3.87. The van der Waals surface area contributed by atoms with Crippen LogP contribution in [0, 0.1) is 6.92 Å². The number of primary sulfonamides is 1. The van der Waals surface area contributed by atoms with Crippen molar-refractivity contribution in [3.8, 4) is 11.3 Å². The predicted octanol–water partition coefficient (Wildman–Crippen LogP) is 2.60. The van der Waals surface area contributed by atoms with E-state index in [-0.39, 0.29) is 10.5 Å². The molecule has 1 amide bonds. The molecule has 29 heavy (non-hydrogen) atoms. The number of nitrogens with zero attached hydrogens (tertiary/aromatic N) is 3. The Morgan fingerprint density at radius 2 is 1.86 bits per heavy atom. The molecule has 4 rings (SSSR count). The van der Waals surface area contributed by atoms with Gasteiger partial charge >= 0.3 is 0 Å². The molecule has 0 bridgehead atoms. The zero-order valence-electron chi connectivity index (χ0n) is 15.4. The number of nitrogens with two attached hydrogens (primary N) is 1. The molecule has 2 aromatic heterocycles. The van der Waals surface area contributed by atoms with Gasteiger partial charge in [0.2, 0.25) is 10.0 Å². The Bertz CT molecular complexity index is 1330. The standard InChI is InChI=1S/C20H17N5O3S/c1-13-7-8-15(11-18(13)29(21,27)28)24-20(26)16-12-23-25-17(9-10-22-19(16)25)14-5-3-2-4-6-14/h2-12H,1H3,(H,24,26)(H2,21,27,28). The van der Waals surface area contributed by atoms with Crippen LogP contribution in [0.3, 0.4) is 0 Å². The molecule has 0 aliphatic carbocycles. The summed E-state index contributed by atoms with van der Waals surface area (Å²) in [7, 11) is -3.90. The minimum Gasteiger partial charge on any atom is -0.322 e. The topological polar surface area (TPSA) is 119 Å². The molecule has 3 N–H and O–H groups in total. The number of benzene rings is 2. The molecule has 0 aliphatic rings. The van der Waals surface area contributed by atoms with Gasteiger partial charge in [0, 0.05) is 17.4 Å². The second-order valence-electron chi connectivity index (χ2n) is 6.47. The maximum Gasteiger partial charge on any atom is 0.261 e. The van der Waals surface area contributed by atoms with Crippen LogP contribution >= 0.6 is 0 Å². The monoisotopic (exact) mass is 407 g/mol. The molecule has 4 aromatic rings. The minimum absolute atomic E-state index is 0.0420. The Labute approximate surface area is 167 Å². The Morgan fingerprint density at radius 1 is 1.10 bits per heavy atom. The number of amides is 1. The molecule has 0 aliphatic heterocycles. The number of fused-ring (bicyclic) bond motifs is 1. The third-order valence-corrected chi connectivity index (χ3v) is 5.52. The van der Waals surface area contributed by atoms with E-state index in [2.05, 4.69) is 15.4 Å². The van der Waals surface area contributed by atoms with Crippen LogP contribution in [0.4, 0.5) is 5.69 Å². The molecule has 0 atom stereocenters. The number of anilines is 1. The second kappa shape index (κ2) is 7.12. The highest BCUT2D eigenvalue weighted by atomic mass is 32.2. The van der Waals surface area contributed by atoms with Crippen molar-refractivity contribution in [3.05, 3.63) is 78.1 Å². The molecule has 2 heterocycles. The largest absolute Gasteiger partial charge is 0.322 e. The number of carbonyl (C=O) groups is 1. The summed E-state index contributed by atoms with van der Waals surface area (Å²) >= 11 is 0. The van der Waals surface area contributed by atoms with Gasteiger partial charge in [-0.25, -0.2) is 23.1 Å². The van der Waals surface area contributed by atoms with E-state index in [1.54, 1.807) is 29.8 Å². The van der Waals surface area contributed by atoms with Gasteiger partial charge in [0.05, 0.1) is 16.8 Å². The average Bonchev–Trinajstić information content (AvgIpc) is 3.13. The van der Waals surface area contributed by atoms with Gasteiger partial charge in [0.15, 0.2) is 5.65 Å². The predicted molar refractivity (Wildman–Crippen MR) is 109 cm³/mol. The van der Waals surface area contributed by atoms with Crippen LogP contribution in [0.2, 0.25) is 0 Å². The first-order valence-electron chi connectivity index (χ1n) is 8.67. The van der Waals surface area contributed by atoms with Crippen LogP contribution in [-0.2, 0) is 10.0 Å². The molecule has 0 radical (unpaired) electrons. The van der Waals surface area contributed by atoms with Gasteiger partial charge in [-0.05, 0) is 30.7 Å². The minimum atomic E-state index is -3.90. The Morgan fingerprint density at radius 3 is 2.59 bits per heavy atom. The molecule has 0 unspecified atom stereocenters. The maximum atomic E-state index is 12.8. The first-order chi connectivity index (χ1) is 13.8. The van der Waals surface area contributed by atoms with E-state index < -0.39 is 15.9 Å². The normalized spacial score (nSPS) is 11.5. The fourth-order valence-electron chi connectivity index (χ4n) is 3.06. The van der Waals surface area contributed by atoms with Crippen molar-refractivity contribution >= 4 is 27.3 Å². The highest BCUT2D eigenvalue weighted by molar-refractivity contribution is 7.89. The zero-order valence-corrected chi connectivity index (χ0v) is 16.2. The first-order valence-corrected chi connectivity index (χ1v) is 10.2. The van der Waals surface area contributed by atoms with Gasteiger partial charge in [-0.15, -0.1) is 0 Å². The number of nitrogens with one attached hydrogen (secondary N) is 1. The third kappa shape index (κ3) is 3.60. The van der Waals surface area contributed by atoms with Gasteiger partial charge in [-0.3, -0.25) is 4.79 Å². The Kier molecular flexibility index (Phi) is 4.61. The summed E-state index contributed by atoms with van der Waals surface area (Å²) in [5.41, 5.74) is 3.19. The van der Waals surface area contributed by atoms with Crippen molar-refractivity contribution in [2.45, 2.75) is 11.8 Å². The molecule has 0 spiro atoms. The van der Waals surface area contributed by atoms with E-state index in [9.17, 15) is 13.2 Å². The van der Waals surface area contributed by atoms with Crippen molar-refractivity contribution in [1.29, 1.82) is 0 Å². The Hall–Kier alpha value is -3.56. The summed E-state index contributed by atoms with van der Waals surface area (Å²) in [5, 5.41) is 12.2. The zero-order chi connectivity index (χ0) is 20.6. The van der Waals surface area contributed by atoms with Crippen LogP contribution in [0.1, 0.15) is 15.9 Å². The summed E-state index contributed by atoms with van der Waals surface area (Å²) in [6.07, 6.45) is 3.04. The Balaban J connectivity index is 1.71. The summed E-state index contributed by atoms with van der Waals surface area (Å²) in [6.45, 7) is 1.63. The van der Waals surface area contributed by atoms with E-state index in [1.165, 1.54) is 12.3 Å². The van der Waals surface area contributed by atoms with Crippen molar-refractivity contribution in [1.82, 2.24) is 14.6 Å². The average molecular weight is 407 g/mol. The highest BCUT2D eigenvalue weighted by Gasteiger charge is 2.18. The highest BCUT2D eigenvalue weighted by Crippen LogP contribution is 2.23. The van der Waals surface area contributed by atoms with Crippen LogP contribution in [0.25, 0.3) is 16.9 Å². The van der Waals surface area contributed by atoms with Crippen molar-refractivity contribution in [2.24, 2.45) is 5.14 Å². The van der Waals surface area contributed by atoms with Crippen LogP contribution in [-0.4, -0.2) is 28.9 Å². The summed E-state index contributed by atoms with van der Waals surface area (Å²) in [4.78, 5) is 17.0. The van der Waals surface area contributed by atoms with E-state index in [4.69, 9.17) is 5.14 Å². The lowest BCUT2D eigenvalue weighted by Gasteiger charge is -2.08. The summed E-state index contributed by atoms with van der Waals surface area (Å²) < 4.78 is 25.0. The van der Waals surface area contributed by atoms with E-state index in [0.29, 0.717) is 16.9 Å². The quantitative estimate of drug-likeness (QED) is 0.539. The maximum absolute atomic E-state index is 12.8. The molecule has 0 saturated carbocycles. The number of carbonyl (C=O) groups excluding carboxylic acids is 1. The lowest BCUT2D eigenvalue weighted by atomic mass is 10.1. The molecule has 2 aromatic carbocycles. The SMILES string of the molecule is Cc1ccc(NC(=O)c2cnn3c(-c4ccccc4)ccnc23)cc1S(N)(=O)=O. The van der Waals surface area contributed by atoms with Crippen molar-refractivity contribution in [3.63, 3.8) is 0 Å². The van der Waals surface area contributed by atoms with Crippen molar-refractivity contribution in [2.75, 3.05) is 5.32 Å². The van der Waals surface area contributed by atoms with Crippen LogP contribution < -0.4 is 10.5 Å². The summed E-state index contributed by atoms with van der Waals surface area (Å²) in [5.74, 6) is -0.457. The second-order valence-corrected chi connectivity index (χ2v) is 8.00. The first kappa shape index (κ1) is 18.8. The van der Waals surface area contributed by atoms with E-state index in [0.717, 1.165) is 11.3 Å². The van der Waals surface area contributed by atoms with Crippen LogP contribution in [0.15, 0.2) is 71.9 Å². The molecule has 8 nitrogen and oxygen atoms in total. The van der Waals surface area contributed by atoms with Crippen molar-refractivity contribution < 1.29 is 13.2 Å². The number of hydrogen-bond acceptors (Lipinski definition) is 5. The number of sulfonamides is 1. The van der Waals surface area contributed by atoms with Crippen LogP contribution in [0.5, 0.6) is 0 Å². The number of hydrogen-bond donors (Lipinski definition) is 2. The van der Waals surface area contributed by atoms with Gasteiger partial charge in [-0.2, -0.15) is 5.10 Å². The van der Waals surface area contributed by atoms with E-state index in [1.807, 2.05) is 36.4 Å². The number of aryl methyl sites for hydroxylation is 1. The number of aromatic nitrogens is 3. The summed E-state index contributed by atoms with van der Waals surface area (Å²) in [6, 6.07) is 16.0. The lowest BCUT2D eigenvalue weighted by molar-refractivity contribution is 0.102. The molecular weight excluding hydrogens is 390 g/mol. The molecular formula is C20H17N5O3S.